The molecule has 0 amide bonds. The van der Waals surface area contributed by atoms with Gasteiger partial charge in [0.2, 0.25) is 0 Å². The van der Waals surface area contributed by atoms with Gasteiger partial charge < -0.3 is 5.11 Å². The average molecular weight is 235 g/mol. The molecule has 1 aromatic heterocycles. The summed E-state index contributed by atoms with van der Waals surface area (Å²) in [5.74, 6) is -0.359. The zero-order chi connectivity index (χ0) is 10.3. The highest BCUT2D eigenvalue weighted by Gasteiger charge is 2.18. The SMILES string of the molecule is Oc1c(C(F)F)sc2ccc(Cl)cc12. The molecule has 2 aromatic rings. The molecule has 1 aromatic carbocycles. The fourth-order valence-electron chi connectivity index (χ4n) is 1.22. The van der Waals surface area contributed by atoms with Crippen molar-refractivity contribution >= 4 is 33.0 Å². The molecular formula is C9H5ClF2OS. The molecule has 0 radical (unpaired) electrons. The summed E-state index contributed by atoms with van der Waals surface area (Å²) in [5.41, 5.74) is 0. The summed E-state index contributed by atoms with van der Waals surface area (Å²) in [6.45, 7) is 0. The number of halogens is 3. The molecule has 0 saturated carbocycles. The first-order valence-electron chi connectivity index (χ1n) is 3.78. The highest BCUT2D eigenvalue weighted by Crippen LogP contribution is 2.42. The number of aromatic hydroxyl groups is 1. The van der Waals surface area contributed by atoms with Crippen LogP contribution in [0.4, 0.5) is 8.78 Å². The molecule has 0 unspecified atom stereocenters. The van der Waals surface area contributed by atoms with Crippen molar-refractivity contribution in [2.24, 2.45) is 0 Å². The second-order valence-electron chi connectivity index (χ2n) is 2.76. The molecule has 1 nitrogen and oxygen atoms in total. The Balaban J connectivity index is 2.74. The zero-order valence-electron chi connectivity index (χ0n) is 6.80. The summed E-state index contributed by atoms with van der Waals surface area (Å²) in [4.78, 5) is -0.303. The number of rotatable bonds is 1. The van der Waals surface area contributed by atoms with E-state index in [1.807, 2.05) is 0 Å². The van der Waals surface area contributed by atoms with Crippen LogP contribution in [0.1, 0.15) is 11.3 Å². The monoisotopic (exact) mass is 234 g/mol. The van der Waals surface area contributed by atoms with Crippen molar-refractivity contribution in [2.45, 2.75) is 6.43 Å². The van der Waals surface area contributed by atoms with Gasteiger partial charge in [0.25, 0.3) is 6.43 Å². The van der Waals surface area contributed by atoms with Crippen LogP contribution in [0.5, 0.6) is 5.75 Å². The van der Waals surface area contributed by atoms with Crippen LogP contribution in [0.25, 0.3) is 10.1 Å². The van der Waals surface area contributed by atoms with E-state index in [9.17, 15) is 13.9 Å². The number of benzene rings is 1. The molecule has 0 fully saturated rings. The highest BCUT2D eigenvalue weighted by atomic mass is 35.5. The Morgan fingerprint density at radius 1 is 1.36 bits per heavy atom. The van der Waals surface area contributed by atoms with Gasteiger partial charge in [0.05, 0.1) is 0 Å². The molecular weight excluding hydrogens is 230 g/mol. The van der Waals surface area contributed by atoms with Crippen molar-refractivity contribution in [1.82, 2.24) is 0 Å². The first-order chi connectivity index (χ1) is 6.59. The largest absolute Gasteiger partial charge is 0.506 e. The van der Waals surface area contributed by atoms with E-state index in [4.69, 9.17) is 11.6 Å². The summed E-state index contributed by atoms with van der Waals surface area (Å²) < 4.78 is 25.4. The quantitative estimate of drug-likeness (QED) is 0.784. The maximum atomic E-state index is 12.4. The minimum Gasteiger partial charge on any atom is -0.506 e. The van der Waals surface area contributed by atoms with Crippen LogP contribution in [0, 0.1) is 0 Å². The Morgan fingerprint density at radius 3 is 2.71 bits per heavy atom. The topological polar surface area (TPSA) is 20.2 Å². The first kappa shape index (κ1) is 9.68. The third kappa shape index (κ3) is 1.44. The molecule has 74 valence electrons. The summed E-state index contributed by atoms with van der Waals surface area (Å²) >= 11 is 6.57. The van der Waals surface area contributed by atoms with E-state index >= 15 is 0 Å². The van der Waals surface area contributed by atoms with Gasteiger partial charge in [-0.2, -0.15) is 0 Å². The van der Waals surface area contributed by atoms with Crippen LogP contribution < -0.4 is 0 Å². The van der Waals surface area contributed by atoms with E-state index in [0.29, 0.717) is 15.1 Å². The molecule has 0 atom stereocenters. The molecule has 1 N–H and O–H groups in total. The summed E-state index contributed by atoms with van der Waals surface area (Å²) in [6.07, 6.45) is -2.65. The lowest BCUT2D eigenvalue weighted by Gasteiger charge is -1.94. The second-order valence-corrected chi connectivity index (χ2v) is 4.28. The van der Waals surface area contributed by atoms with Gasteiger partial charge in [0.1, 0.15) is 10.6 Å². The Labute approximate surface area is 87.5 Å². The predicted molar refractivity (Wildman–Crippen MR) is 53.5 cm³/mol. The van der Waals surface area contributed by atoms with E-state index in [-0.39, 0.29) is 10.6 Å². The molecule has 0 spiro atoms. The van der Waals surface area contributed by atoms with Crippen molar-refractivity contribution in [1.29, 1.82) is 0 Å². The first-order valence-corrected chi connectivity index (χ1v) is 4.98. The Hall–Kier alpha value is -0.870. The van der Waals surface area contributed by atoms with Crippen LogP contribution >= 0.6 is 22.9 Å². The van der Waals surface area contributed by atoms with Crippen molar-refractivity contribution in [3.05, 3.63) is 28.1 Å². The number of hydrogen-bond donors (Lipinski definition) is 1. The minimum atomic E-state index is -2.65. The van der Waals surface area contributed by atoms with Gasteiger partial charge in [-0.1, -0.05) is 11.6 Å². The molecule has 14 heavy (non-hydrogen) atoms. The van der Waals surface area contributed by atoms with Gasteiger partial charge in [0, 0.05) is 15.1 Å². The molecule has 2 rings (SSSR count). The maximum Gasteiger partial charge on any atom is 0.276 e. The molecule has 0 aliphatic rings. The zero-order valence-corrected chi connectivity index (χ0v) is 8.37. The smallest absolute Gasteiger partial charge is 0.276 e. The van der Waals surface area contributed by atoms with Crippen LogP contribution in [-0.2, 0) is 0 Å². The lowest BCUT2D eigenvalue weighted by Crippen LogP contribution is -1.75. The molecule has 1 heterocycles. The van der Waals surface area contributed by atoms with Crippen molar-refractivity contribution in [2.75, 3.05) is 0 Å². The van der Waals surface area contributed by atoms with Gasteiger partial charge >= 0.3 is 0 Å². The lowest BCUT2D eigenvalue weighted by atomic mass is 10.2. The third-order valence-electron chi connectivity index (χ3n) is 1.85. The summed E-state index contributed by atoms with van der Waals surface area (Å²) in [7, 11) is 0. The second kappa shape index (κ2) is 3.37. The Morgan fingerprint density at radius 2 is 2.07 bits per heavy atom. The van der Waals surface area contributed by atoms with E-state index in [1.165, 1.54) is 6.07 Å². The summed E-state index contributed by atoms with van der Waals surface area (Å²) in [6, 6.07) is 4.71. The van der Waals surface area contributed by atoms with E-state index < -0.39 is 6.43 Å². The minimum absolute atomic E-state index is 0.303. The number of hydrogen-bond acceptors (Lipinski definition) is 2. The Kier molecular flexibility index (Phi) is 2.33. The number of thiophene rings is 1. The average Bonchev–Trinajstić information content (AvgIpc) is 2.44. The van der Waals surface area contributed by atoms with Gasteiger partial charge in [-0.25, -0.2) is 8.78 Å². The fraction of sp³-hybridized carbons (Fsp3) is 0.111. The van der Waals surface area contributed by atoms with Crippen molar-refractivity contribution in [3.63, 3.8) is 0 Å². The van der Waals surface area contributed by atoms with Gasteiger partial charge in [-0.05, 0) is 18.2 Å². The third-order valence-corrected chi connectivity index (χ3v) is 3.25. The van der Waals surface area contributed by atoms with Crippen LogP contribution in [0.2, 0.25) is 5.02 Å². The van der Waals surface area contributed by atoms with Crippen LogP contribution in [-0.4, -0.2) is 5.11 Å². The highest BCUT2D eigenvalue weighted by molar-refractivity contribution is 7.19. The fourth-order valence-corrected chi connectivity index (χ4v) is 2.33. The molecule has 0 aliphatic heterocycles. The number of fused-ring (bicyclic) bond motifs is 1. The van der Waals surface area contributed by atoms with E-state index in [0.717, 1.165) is 11.3 Å². The van der Waals surface area contributed by atoms with E-state index in [2.05, 4.69) is 0 Å². The van der Waals surface area contributed by atoms with Gasteiger partial charge in [0.15, 0.2) is 0 Å². The predicted octanol–water partition coefficient (Wildman–Crippen LogP) is 4.20. The van der Waals surface area contributed by atoms with Crippen LogP contribution in [0.15, 0.2) is 18.2 Å². The van der Waals surface area contributed by atoms with Crippen molar-refractivity contribution in [3.8, 4) is 5.75 Å². The van der Waals surface area contributed by atoms with Crippen LogP contribution in [0.3, 0.4) is 0 Å². The van der Waals surface area contributed by atoms with E-state index in [1.54, 1.807) is 12.1 Å². The van der Waals surface area contributed by atoms with Gasteiger partial charge in [-0.15, -0.1) is 11.3 Å². The molecule has 0 aliphatic carbocycles. The van der Waals surface area contributed by atoms with Crippen molar-refractivity contribution < 1.29 is 13.9 Å². The maximum absolute atomic E-state index is 12.4. The number of alkyl halides is 2. The normalized spacial score (nSPS) is 11.4. The Bertz CT molecular complexity index is 481. The lowest BCUT2D eigenvalue weighted by molar-refractivity contribution is 0.152. The molecule has 5 heteroatoms. The molecule has 0 saturated heterocycles. The summed E-state index contributed by atoms with van der Waals surface area (Å²) in [5, 5.41) is 10.3. The standard InChI is InChI=1S/C9H5ClF2OS/c10-4-1-2-6-5(3-4)7(13)8(14-6)9(11)12/h1-3,9,13H. The van der Waals surface area contributed by atoms with Gasteiger partial charge in [-0.3, -0.25) is 0 Å². The molecule has 0 bridgehead atoms.